The van der Waals surface area contributed by atoms with Gasteiger partial charge in [0.05, 0.1) is 19.3 Å². The average molecular weight is 249 g/mol. The highest BCUT2D eigenvalue weighted by atomic mass is 16.1. The summed E-state index contributed by atoms with van der Waals surface area (Å²) < 4.78 is 0. The van der Waals surface area contributed by atoms with Gasteiger partial charge in [-0.25, -0.2) is 0 Å². The van der Waals surface area contributed by atoms with Gasteiger partial charge in [-0.05, 0) is 31.6 Å². The van der Waals surface area contributed by atoms with Gasteiger partial charge < -0.3 is 11.1 Å². The molecule has 1 aromatic rings. The molecule has 2 aliphatic carbocycles. The SMILES string of the molecule is CCn1ncc(CNC(=O)[C@@H]2C[C@H](N)[C@H]3C[C@H]32)n1. The van der Waals surface area contributed by atoms with Crippen molar-refractivity contribution >= 4 is 5.91 Å². The fourth-order valence-corrected chi connectivity index (χ4v) is 3.01. The highest BCUT2D eigenvalue weighted by Gasteiger charge is 2.55. The normalized spacial score (nSPS) is 33.2. The number of amides is 1. The number of fused-ring (bicyclic) bond motifs is 1. The zero-order chi connectivity index (χ0) is 12.7. The number of carbonyl (C=O) groups is 1. The lowest BCUT2D eigenvalue weighted by atomic mass is 10.0. The Bertz CT molecular complexity index is 457. The number of aromatic nitrogens is 3. The fourth-order valence-electron chi connectivity index (χ4n) is 3.01. The van der Waals surface area contributed by atoms with Crippen LogP contribution in [0.4, 0.5) is 0 Å². The standard InChI is InChI=1S/C12H19N5O/c1-2-17-15-6-7(16-17)5-14-12(18)10-4-11(13)9-3-8(9)10/h6,8-11H,2-5,13H2,1H3,(H,14,18)/t8-,9+,10-,11+/m1/s1. The molecular weight excluding hydrogens is 230 g/mol. The molecule has 4 atom stereocenters. The third kappa shape index (κ3) is 2.01. The van der Waals surface area contributed by atoms with Crippen LogP contribution in [0.1, 0.15) is 25.5 Å². The molecule has 0 aromatic carbocycles. The van der Waals surface area contributed by atoms with Crippen LogP contribution in [0.5, 0.6) is 0 Å². The summed E-state index contributed by atoms with van der Waals surface area (Å²) in [5.74, 6) is 1.38. The van der Waals surface area contributed by atoms with Crippen LogP contribution in [0.15, 0.2) is 6.20 Å². The lowest BCUT2D eigenvalue weighted by Crippen LogP contribution is -2.32. The molecule has 1 heterocycles. The van der Waals surface area contributed by atoms with E-state index in [9.17, 15) is 4.79 Å². The number of carbonyl (C=O) groups excluding carboxylic acids is 1. The van der Waals surface area contributed by atoms with Crippen molar-refractivity contribution in [3.05, 3.63) is 11.9 Å². The molecule has 3 rings (SSSR count). The van der Waals surface area contributed by atoms with Gasteiger partial charge in [0.1, 0.15) is 5.69 Å². The van der Waals surface area contributed by atoms with Crippen molar-refractivity contribution in [3.8, 4) is 0 Å². The Morgan fingerprint density at radius 1 is 1.56 bits per heavy atom. The van der Waals surface area contributed by atoms with E-state index in [1.807, 2.05) is 6.92 Å². The Morgan fingerprint density at radius 3 is 2.94 bits per heavy atom. The van der Waals surface area contributed by atoms with E-state index in [-0.39, 0.29) is 17.9 Å². The summed E-state index contributed by atoms with van der Waals surface area (Å²) in [4.78, 5) is 13.7. The summed E-state index contributed by atoms with van der Waals surface area (Å²) in [6, 6.07) is 0.228. The lowest BCUT2D eigenvalue weighted by molar-refractivity contribution is -0.125. The van der Waals surface area contributed by atoms with Crippen LogP contribution in [0, 0.1) is 17.8 Å². The summed E-state index contributed by atoms with van der Waals surface area (Å²) in [6.07, 6.45) is 3.66. The quantitative estimate of drug-likeness (QED) is 0.780. The van der Waals surface area contributed by atoms with Gasteiger partial charge in [0.25, 0.3) is 0 Å². The van der Waals surface area contributed by atoms with Crippen LogP contribution in [0.25, 0.3) is 0 Å². The minimum atomic E-state index is 0.117. The van der Waals surface area contributed by atoms with Crippen molar-refractivity contribution in [1.29, 1.82) is 0 Å². The molecule has 2 saturated carbocycles. The Labute approximate surface area is 106 Å². The summed E-state index contributed by atoms with van der Waals surface area (Å²) in [6.45, 7) is 3.19. The van der Waals surface area contributed by atoms with E-state index in [4.69, 9.17) is 5.73 Å². The van der Waals surface area contributed by atoms with Crippen LogP contribution >= 0.6 is 0 Å². The first-order valence-electron chi connectivity index (χ1n) is 6.61. The number of hydrogen-bond acceptors (Lipinski definition) is 4. The first-order chi connectivity index (χ1) is 8.69. The number of hydrogen-bond donors (Lipinski definition) is 2. The molecule has 1 amide bonds. The molecule has 3 N–H and O–H groups in total. The lowest BCUT2D eigenvalue weighted by Gasteiger charge is -2.12. The zero-order valence-electron chi connectivity index (χ0n) is 10.5. The Balaban J connectivity index is 1.52. The maximum atomic E-state index is 12.1. The molecule has 18 heavy (non-hydrogen) atoms. The highest BCUT2D eigenvalue weighted by Crippen LogP contribution is 2.54. The maximum Gasteiger partial charge on any atom is 0.223 e. The van der Waals surface area contributed by atoms with Gasteiger partial charge in [-0.2, -0.15) is 15.0 Å². The predicted molar refractivity (Wildman–Crippen MR) is 65.2 cm³/mol. The van der Waals surface area contributed by atoms with Gasteiger partial charge in [0.2, 0.25) is 5.91 Å². The van der Waals surface area contributed by atoms with Crippen molar-refractivity contribution in [1.82, 2.24) is 20.3 Å². The molecule has 0 bridgehead atoms. The molecule has 6 nitrogen and oxygen atoms in total. The second-order valence-electron chi connectivity index (χ2n) is 5.31. The minimum Gasteiger partial charge on any atom is -0.350 e. The Kier molecular flexibility index (Phi) is 2.81. The van der Waals surface area contributed by atoms with Crippen LogP contribution in [0.2, 0.25) is 0 Å². The van der Waals surface area contributed by atoms with Crippen molar-refractivity contribution in [2.45, 2.75) is 38.9 Å². The molecule has 0 aliphatic heterocycles. The predicted octanol–water partition coefficient (Wildman–Crippen LogP) is -0.102. The van der Waals surface area contributed by atoms with Crippen LogP contribution in [-0.2, 0) is 17.9 Å². The maximum absolute atomic E-state index is 12.1. The van der Waals surface area contributed by atoms with E-state index in [1.165, 1.54) is 0 Å². The van der Waals surface area contributed by atoms with E-state index in [1.54, 1.807) is 11.0 Å². The van der Waals surface area contributed by atoms with Crippen LogP contribution in [-0.4, -0.2) is 26.9 Å². The Hall–Kier alpha value is -1.43. The first-order valence-corrected chi connectivity index (χ1v) is 6.61. The number of rotatable bonds is 4. The molecule has 0 radical (unpaired) electrons. The van der Waals surface area contributed by atoms with Gasteiger partial charge >= 0.3 is 0 Å². The smallest absolute Gasteiger partial charge is 0.223 e. The first kappa shape index (κ1) is 11.6. The molecule has 2 fully saturated rings. The molecule has 1 aromatic heterocycles. The molecule has 6 heteroatoms. The zero-order valence-corrected chi connectivity index (χ0v) is 10.5. The van der Waals surface area contributed by atoms with Gasteiger partial charge in [-0.3, -0.25) is 4.79 Å². The second kappa shape index (κ2) is 4.35. The summed E-state index contributed by atoms with van der Waals surface area (Å²) in [5, 5.41) is 11.3. The number of nitrogens with zero attached hydrogens (tertiary/aromatic N) is 3. The van der Waals surface area contributed by atoms with Gasteiger partial charge in [-0.1, -0.05) is 0 Å². The summed E-state index contributed by atoms with van der Waals surface area (Å²) in [5.41, 5.74) is 6.78. The molecule has 98 valence electrons. The topological polar surface area (TPSA) is 85.8 Å². The van der Waals surface area contributed by atoms with Crippen LogP contribution < -0.4 is 11.1 Å². The van der Waals surface area contributed by atoms with E-state index in [0.29, 0.717) is 18.4 Å². The second-order valence-corrected chi connectivity index (χ2v) is 5.31. The van der Waals surface area contributed by atoms with Gasteiger partial charge in [0.15, 0.2) is 0 Å². The van der Waals surface area contributed by atoms with E-state index >= 15 is 0 Å². The van der Waals surface area contributed by atoms with Crippen molar-refractivity contribution in [2.75, 3.05) is 0 Å². The Morgan fingerprint density at radius 2 is 2.39 bits per heavy atom. The third-order valence-electron chi connectivity index (χ3n) is 4.13. The number of aryl methyl sites for hydroxylation is 1. The van der Waals surface area contributed by atoms with E-state index in [2.05, 4.69) is 15.5 Å². The average Bonchev–Trinajstić information content (AvgIpc) is 2.91. The van der Waals surface area contributed by atoms with Gasteiger partial charge in [0, 0.05) is 12.0 Å². The van der Waals surface area contributed by atoms with E-state index in [0.717, 1.165) is 25.1 Å². The number of nitrogens with two attached hydrogens (primary N) is 1. The van der Waals surface area contributed by atoms with E-state index < -0.39 is 0 Å². The molecule has 0 unspecified atom stereocenters. The van der Waals surface area contributed by atoms with Crippen molar-refractivity contribution < 1.29 is 4.79 Å². The summed E-state index contributed by atoms with van der Waals surface area (Å²) in [7, 11) is 0. The highest BCUT2D eigenvalue weighted by molar-refractivity contribution is 5.80. The summed E-state index contributed by atoms with van der Waals surface area (Å²) >= 11 is 0. The van der Waals surface area contributed by atoms with Gasteiger partial charge in [-0.15, -0.1) is 0 Å². The third-order valence-corrected chi connectivity index (χ3v) is 4.13. The fraction of sp³-hybridized carbons (Fsp3) is 0.750. The monoisotopic (exact) mass is 249 g/mol. The molecule has 0 saturated heterocycles. The van der Waals surface area contributed by atoms with Crippen molar-refractivity contribution in [2.24, 2.45) is 23.5 Å². The van der Waals surface area contributed by atoms with Crippen molar-refractivity contribution in [3.63, 3.8) is 0 Å². The number of nitrogens with one attached hydrogen (secondary N) is 1. The largest absolute Gasteiger partial charge is 0.350 e. The minimum absolute atomic E-state index is 0.117. The van der Waals surface area contributed by atoms with Crippen LogP contribution in [0.3, 0.4) is 0 Å². The molecular formula is C12H19N5O. The molecule has 0 spiro atoms. The molecule has 2 aliphatic rings.